The maximum atomic E-state index is 5.18. The van der Waals surface area contributed by atoms with Crippen LogP contribution in [0.15, 0.2) is 4.52 Å². The summed E-state index contributed by atoms with van der Waals surface area (Å²) >= 11 is 0. The van der Waals surface area contributed by atoms with E-state index in [0.29, 0.717) is 18.4 Å². The minimum atomic E-state index is -0.0437. The van der Waals surface area contributed by atoms with Gasteiger partial charge in [0.2, 0.25) is 11.9 Å². The largest absolute Gasteiger partial charge is 0.467 e. The summed E-state index contributed by atoms with van der Waals surface area (Å²) in [5.74, 6) is 1.68. The monoisotopic (exact) mass is 292 g/mol. The smallest absolute Gasteiger partial charge is 0.322 e. The Kier molecular flexibility index (Phi) is 4.56. The van der Waals surface area contributed by atoms with Crippen LogP contribution in [-0.2, 0) is 0 Å². The Bertz CT molecular complexity index is 593. The molecule has 0 aromatic carbocycles. The van der Waals surface area contributed by atoms with Gasteiger partial charge in [-0.3, -0.25) is 0 Å². The number of nitrogens with one attached hydrogen (secondary N) is 2. The molecule has 1 atom stereocenters. The third-order valence-electron chi connectivity index (χ3n) is 3.00. The molecule has 0 spiro atoms. The minimum absolute atomic E-state index is 0.0437. The molecule has 0 saturated heterocycles. The van der Waals surface area contributed by atoms with Crippen LogP contribution in [-0.4, -0.2) is 33.8 Å². The van der Waals surface area contributed by atoms with Crippen molar-refractivity contribution >= 4 is 11.9 Å². The number of hydrogen-bond donors (Lipinski definition) is 2. The normalized spacial score (nSPS) is 12.0. The van der Waals surface area contributed by atoms with Crippen LogP contribution in [0.1, 0.15) is 36.9 Å². The number of aromatic nitrogens is 4. The van der Waals surface area contributed by atoms with Crippen molar-refractivity contribution in [2.24, 2.45) is 0 Å². The quantitative estimate of drug-likeness (QED) is 0.835. The van der Waals surface area contributed by atoms with Crippen LogP contribution in [0.4, 0.5) is 11.9 Å². The molecular weight excluding hydrogens is 272 g/mol. The molecule has 2 rings (SSSR count). The molecule has 0 bridgehead atoms. The van der Waals surface area contributed by atoms with Crippen molar-refractivity contribution in [2.45, 2.75) is 33.7 Å². The van der Waals surface area contributed by atoms with E-state index in [9.17, 15) is 0 Å². The molecule has 2 heterocycles. The van der Waals surface area contributed by atoms with Crippen LogP contribution in [0.25, 0.3) is 0 Å². The van der Waals surface area contributed by atoms with E-state index in [-0.39, 0.29) is 12.1 Å². The number of anilines is 2. The van der Waals surface area contributed by atoms with Crippen molar-refractivity contribution in [2.75, 3.05) is 24.3 Å². The van der Waals surface area contributed by atoms with Gasteiger partial charge < -0.3 is 19.9 Å². The van der Waals surface area contributed by atoms with Crippen LogP contribution in [0.3, 0.4) is 0 Å². The molecule has 0 aliphatic carbocycles. The molecule has 2 N–H and O–H groups in total. The lowest BCUT2D eigenvalue weighted by Crippen LogP contribution is -2.13. The van der Waals surface area contributed by atoms with Gasteiger partial charge in [0.15, 0.2) is 0 Å². The van der Waals surface area contributed by atoms with Gasteiger partial charge in [0.1, 0.15) is 5.76 Å². The predicted molar refractivity (Wildman–Crippen MR) is 78.6 cm³/mol. The summed E-state index contributed by atoms with van der Waals surface area (Å²) in [6.07, 6.45) is 0. The standard InChI is InChI=1S/C13H20N6O2/c1-6-14-11-16-12(18-13(17-11)20-5)15-7(2)10-8(3)19-21-9(10)4/h7H,6H2,1-5H3,(H2,14,15,16,17,18). The molecule has 2 aromatic rings. The Morgan fingerprint density at radius 3 is 2.48 bits per heavy atom. The van der Waals surface area contributed by atoms with Gasteiger partial charge in [0, 0.05) is 12.1 Å². The Labute approximate surface area is 123 Å². The highest BCUT2D eigenvalue weighted by atomic mass is 16.5. The van der Waals surface area contributed by atoms with Gasteiger partial charge in [-0.15, -0.1) is 0 Å². The molecule has 114 valence electrons. The van der Waals surface area contributed by atoms with E-state index < -0.39 is 0 Å². The van der Waals surface area contributed by atoms with Gasteiger partial charge in [-0.1, -0.05) is 5.16 Å². The van der Waals surface area contributed by atoms with Gasteiger partial charge in [-0.25, -0.2) is 0 Å². The first-order chi connectivity index (χ1) is 10.0. The molecule has 0 saturated carbocycles. The summed E-state index contributed by atoms with van der Waals surface area (Å²) in [6.45, 7) is 8.46. The number of nitrogens with zero attached hydrogens (tertiary/aromatic N) is 4. The first-order valence-corrected chi connectivity index (χ1v) is 6.78. The van der Waals surface area contributed by atoms with Crippen molar-refractivity contribution in [1.82, 2.24) is 20.1 Å². The maximum absolute atomic E-state index is 5.18. The van der Waals surface area contributed by atoms with E-state index in [0.717, 1.165) is 17.0 Å². The molecule has 0 radical (unpaired) electrons. The Hall–Kier alpha value is -2.38. The number of rotatable bonds is 6. The third kappa shape index (κ3) is 3.39. The molecule has 0 aliphatic heterocycles. The van der Waals surface area contributed by atoms with E-state index in [1.165, 1.54) is 7.11 Å². The van der Waals surface area contributed by atoms with Crippen molar-refractivity contribution in [3.05, 3.63) is 17.0 Å². The summed E-state index contributed by atoms with van der Waals surface area (Å²) in [7, 11) is 1.52. The maximum Gasteiger partial charge on any atom is 0.322 e. The Morgan fingerprint density at radius 1 is 1.19 bits per heavy atom. The summed E-state index contributed by atoms with van der Waals surface area (Å²) in [4.78, 5) is 12.6. The second-order valence-electron chi connectivity index (χ2n) is 4.60. The fraction of sp³-hybridized carbons (Fsp3) is 0.538. The lowest BCUT2D eigenvalue weighted by molar-refractivity contribution is 0.379. The van der Waals surface area contributed by atoms with Crippen LogP contribution < -0.4 is 15.4 Å². The zero-order valence-corrected chi connectivity index (χ0v) is 12.9. The number of aryl methyl sites for hydroxylation is 2. The van der Waals surface area contributed by atoms with Crippen LogP contribution in [0.5, 0.6) is 6.01 Å². The highest BCUT2D eigenvalue weighted by Gasteiger charge is 2.18. The fourth-order valence-electron chi connectivity index (χ4n) is 2.12. The van der Waals surface area contributed by atoms with Gasteiger partial charge in [0.25, 0.3) is 0 Å². The number of methoxy groups -OCH3 is 1. The second-order valence-corrected chi connectivity index (χ2v) is 4.60. The zero-order chi connectivity index (χ0) is 15.4. The summed E-state index contributed by atoms with van der Waals surface area (Å²) < 4.78 is 10.3. The third-order valence-corrected chi connectivity index (χ3v) is 3.00. The van der Waals surface area contributed by atoms with Crippen LogP contribution >= 0.6 is 0 Å². The van der Waals surface area contributed by atoms with Gasteiger partial charge >= 0.3 is 6.01 Å². The van der Waals surface area contributed by atoms with Crippen LogP contribution in [0, 0.1) is 13.8 Å². The topological polar surface area (TPSA) is 98.0 Å². The lowest BCUT2D eigenvalue weighted by atomic mass is 10.1. The molecule has 8 heteroatoms. The molecule has 0 fully saturated rings. The van der Waals surface area contributed by atoms with Crippen molar-refractivity contribution in [3.63, 3.8) is 0 Å². The van der Waals surface area contributed by atoms with E-state index in [2.05, 4.69) is 30.7 Å². The number of hydrogen-bond acceptors (Lipinski definition) is 8. The summed E-state index contributed by atoms with van der Waals surface area (Å²) in [6, 6.07) is 0.215. The van der Waals surface area contributed by atoms with E-state index in [1.807, 2.05) is 27.7 Å². The summed E-state index contributed by atoms with van der Waals surface area (Å²) in [5, 5.41) is 10.2. The molecule has 1 unspecified atom stereocenters. The molecule has 8 nitrogen and oxygen atoms in total. The number of ether oxygens (including phenoxy) is 1. The van der Waals surface area contributed by atoms with E-state index in [1.54, 1.807) is 0 Å². The second kappa shape index (κ2) is 6.38. The van der Waals surface area contributed by atoms with Crippen molar-refractivity contribution < 1.29 is 9.26 Å². The van der Waals surface area contributed by atoms with Crippen LogP contribution in [0.2, 0.25) is 0 Å². The Morgan fingerprint density at radius 2 is 1.90 bits per heavy atom. The summed E-state index contributed by atoms with van der Waals surface area (Å²) in [5.41, 5.74) is 1.85. The minimum Gasteiger partial charge on any atom is -0.467 e. The molecule has 0 amide bonds. The predicted octanol–water partition coefficient (Wildman–Crippen LogP) is 2.09. The molecule has 21 heavy (non-hydrogen) atoms. The fourth-order valence-corrected chi connectivity index (χ4v) is 2.12. The van der Waals surface area contributed by atoms with Crippen molar-refractivity contribution in [3.8, 4) is 6.01 Å². The van der Waals surface area contributed by atoms with E-state index in [4.69, 9.17) is 9.26 Å². The average molecular weight is 292 g/mol. The molecular formula is C13H20N6O2. The van der Waals surface area contributed by atoms with Gasteiger partial charge in [-0.2, -0.15) is 15.0 Å². The highest BCUT2D eigenvalue weighted by Crippen LogP contribution is 2.24. The highest BCUT2D eigenvalue weighted by molar-refractivity contribution is 5.39. The Balaban J connectivity index is 2.24. The van der Waals surface area contributed by atoms with E-state index >= 15 is 0 Å². The molecule has 2 aromatic heterocycles. The molecule has 0 aliphatic rings. The average Bonchev–Trinajstić information content (AvgIpc) is 2.78. The van der Waals surface area contributed by atoms with Gasteiger partial charge in [-0.05, 0) is 27.7 Å². The van der Waals surface area contributed by atoms with Gasteiger partial charge in [0.05, 0.1) is 18.8 Å². The zero-order valence-electron chi connectivity index (χ0n) is 12.9. The SMILES string of the molecule is CCNc1nc(NC(C)c2c(C)noc2C)nc(OC)n1. The van der Waals surface area contributed by atoms with Crippen molar-refractivity contribution in [1.29, 1.82) is 0 Å². The first kappa shape index (κ1) is 15.0. The first-order valence-electron chi connectivity index (χ1n) is 6.78. The lowest BCUT2D eigenvalue weighted by Gasteiger charge is -2.14.